The van der Waals surface area contributed by atoms with Crippen molar-refractivity contribution in [3.8, 4) is 5.69 Å². The Morgan fingerprint density at radius 3 is 2.76 bits per heavy atom. The van der Waals surface area contributed by atoms with Gasteiger partial charge in [-0.05, 0) is 43.5 Å². The molecule has 0 saturated carbocycles. The van der Waals surface area contributed by atoms with Crippen LogP contribution >= 0.6 is 11.6 Å². The van der Waals surface area contributed by atoms with E-state index in [1.165, 1.54) is 0 Å². The smallest absolute Gasteiger partial charge is 0.0660 e. The standard InChI is InChI=1S/C13H15ClN2O/c1-9-3-4-12(7-13(9)14)16-8-11(5-6-17)10(2)15-16/h3-4,7-8,17H,5-6H2,1-2H3. The highest BCUT2D eigenvalue weighted by molar-refractivity contribution is 6.31. The second kappa shape index (κ2) is 4.90. The van der Waals surface area contributed by atoms with Gasteiger partial charge in [0.15, 0.2) is 0 Å². The Morgan fingerprint density at radius 1 is 1.35 bits per heavy atom. The van der Waals surface area contributed by atoms with E-state index in [9.17, 15) is 0 Å². The molecule has 0 aliphatic carbocycles. The minimum absolute atomic E-state index is 0.140. The summed E-state index contributed by atoms with van der Waals surface area (Å²) in [6.07, 6.45) is 2.57. The molecule has 0 atom stereocenters. The van der Waals surface area contributed by atoms with Crippen molar-refractivity contribution in [1.29, 1.82) is 0 Å². The monoisotopic (exact) mass is 250 g/mol. The molecule has 1 aromatic heterocycles. The molecule has 4 heteroatoms. The van der Waals surface area contributed by atoms with Crippen molar-refractivity contribution >= 4 is 11.6 Å². The molecule has 2 rings (SSSR count). The largest absolute Gasteiger partial charge is 0.396 e. The third-order valence-corrected chi connectivity index (χ3v) is 3.21. The van der Waals surface area contributed by atoms with E-state index in [2.05, 4.69) is 5.10 Å². The maximum Gasteiger partial charge on any atom is 0.0660 e. The van der Waals surface area contributed by atoms with Crippen molar-refractivity contribution in [2.75, 3.05) is 6.61 Å². The predicted octanol–water partition coefficient (Wildman–Crippen LogP) is 2.68. The molecule has 1 aromatic carbocycles. The highest BCUT2D eigenvalue weighted by Crippen LogP contribution is 2.20. The third-order valence-electron chi connectivity index (χ3n) is 2.80. The van der Waals surface area contributed by atoms with E-state index in [4.69, 9.17) is 16.7 Å². The molecule has 17 heavy (non-hydrogen) atoms. The Hall–Kier alpha value is -1.32. The third kappa shape index (κ3) is 2.51. The molecular weight excluding hydrogens is 236 g/mol. The number of rotatable bonds is 3. The molecule has 2 aromatic rings. The van der Waals surface area contributed by atoms with Gasteiger partial charge >= 0.3 is 0 Å². The normalized spacial score (nSPS) is 10.8. The van der Waals surface area contributed by atoms with Gasteiger partial charge in [-0.25, -0.2) is 4.68 Å². The number of aliphatic hydroxyl groups excluding tert-OH is 1. The first-order valence-electron chi connectivity index (χ1n) is 5.54. The Morgan fingerprint density at radius 2 is 2.12 bits per heavy atom. The maximum absolute atomic E-state index is 8.95. The van der Waals surface area contributed by atoms with Gasteiger partial charge in [-0.2, -0.15) is 5.10 Å². The molecule has 0 bridgehead atoms. The average molecular weight is 251 g/mol. The first-order chi connectivity index (χ1) is 8.11. The molecule has 90 valence electrons. The summed E-state index contributed by atoms with van der Waals surface area (Å²) in [6, 6.07) is 5.85. The first-order valence-corrected chi connectivity index (χ1v) is 5.92. The molecule has 0 spiro atoms. The molecule has 0 amide bonds. The molecular formula is C13H15ClN2O. The summed E-state index contributed by atoms with van der Waals surface area (Å²) in [4.78, 5) is 0. The van der Waals surface area contributed by atoms with E-state index in [1.54, 1.807) is 4.68 Å². The van der Waals surface area contributed by atoms with Crippen molar-refractivity contribution in [2.24, 2.45) is 0 Å². The second-order valence-electron chi connectivity index (χ2n) is 4.09. The lowest BCUT2D eigenvalue weighted by Crippen LogP contribution is -1.95. The summed E-state index contributed by atoms with van der Waals surface area (Å²) in [5, 5.41) is 14.1. The Balaban J connectivity index is 2.39. The van der Waals surface area contributed by atoms with Crippen LogP contribution in [-0.2, 0) is 6.42 Å². The number of hydrogen-bond acceptors (Lipinski definition) is 2. The summed E-state index contributed by atoms with van der Waals surface area (Å²) in [5.41, 5.74) is 3.99. The predicted molar refractivity (Wildman–Crippen MR) is 68.8 cm³/mol. The van der Waals surface area contributed by atoms with Gasteiger partial charge < -0.3 is 5.11 Å². The lowest BCUT2D eigenvalue weighted by atomic mass is 10.2. The zero-order valence-corrected chi connectivity index (χ0v) is 10.7. The average Bonchev–Trinajstić information content (AvgIpc) is 2.65. The second-order valence-corrected chi connectivity index (χ2v) is 4.50. The first kappa shape index (κ1) is 12.1. The molecule has 1 heterocycles. The molecule has 0 aliphatic rings. The highest BCUT2D eigenvalue weighted by atomic mass is 35.5. The summed E-state index contributed by atoms with van der Waals surface area (Å²) in [5.74, 6) is 0. The van der Waals surface area contributed by atoms with Gasteiger partial charge in [-0.1, -0.05) is 17.7 Å². The summed E-state index contributed by atoms with van der Waals surface area (Å²) in [6.45, 7) is 4.05. The number of benzene rings is 1. The van der Waals surface area contributed by atoms with Crippen LogP contribution in [0.5, 0.6) is 0 Å². The molecule has 0 unspecified atom stereocenters. The Labute approximate surface area is 106 Å². The zero-order chi connectivity index (χ0) is 12.4. The van der Waals surface area contributed by atoms with Gasteiger partial charge in [0.05, 0.1) is 11.4 Å². The fraction of sp³-hybridized carbons (Fsp3) is 0.308. The van der Waals surface area contributed by atoms with Crippen LogP contribution in [-0.4, -0.2) is 21.5 Å². The molecule has 0 fully saturated rings. The van der Waals surface area contributed by atoms with E-state index < -0.39 is 0 Å². The lowest BCUT2D eigenvalue weighted by molar-refractivity contribution is 0.299. The van der Waals surface area contributed by atoms with Gasteiger partial charge in [0.1, 0.15) is 0 Å². The van der Waals surface area contributed by atoms with Gasteiger partial charge in [-0.15, -0.1) is 0 Å². The summed E-state index contributed by atoms with van der Waals surface area (Å²) >= 11 is 6.09. The zero-order valence-electron chi connectivity index (χ0n) is 9.94. The highest BCUT2D eigenvalue weighted by Gasteiger charge is 2.06. The number of hydrogen-bond donors (Lipinski definition) is 1. The number of aliphatic hydroxyl groups is 1. The fourth-order valence-electron chi connectivity index (χ4n) is 1.72. The van der Waals surface area contributed by atoms with Crippen molar-refractivity contribution in [1.82, 2.24) is 9.78 Å². The van der Waals surface area contributed by atoms with E-state index in [1.807, 2.05) is 38.2 Å². The van der Waals surface area contributed by atoms with Crippen LogP contribution in [0.4, 0.5) is 0 Å². The van der Waals surface area contributed by atoms with Crippen molar-refractivity contribution in [2.45, 2.75) is 20.3 Å². The van der Waals surface area contributed by atoms with Gasteiger partial charge in [0.2, 0.25) is 0 Å². The van der Waals surface area contributed by atoms with Gasteiger partial charge in [0.25, 0.3) is 0 Å². The summed E-state index contributed by atoms with van der Waals surface area (Å²) in [7, 11) is 0. The SMILES string of the molecule is Cc1ccc(-n2cc(CCO)c(C)n2)cc1Cl. The Kier molecular flexibility index (Phi) is 3.50. The number of halogens is 1. The number of aryl methyl sites for hydroxylation is 2. The quantitative estimate of drug-likeness (QED) is 0.910. The number of aromatic nitrogens is 2. The van der Waals surface area contributed by atoms with Crippen molar-refractivity contribution in [3.05, 3.63) is 46.2 Å². The van der Waals surface area contributed by atoms with Crippen LogP contribution in [0.2, 0.25) is 5.02 Å². The van der Waals surface area contributed by atoms with Crippen LogP contribution in [0.1, 0.15) is 16.8 Å². The van der Waals surface area contributed by atoms with Gasteiger partial charge in [-0.3, -0.25) is 0 Å². The molecule has 3 nitrogen and oxygen atoms in total. The topological polar surface area (TPSA) is 38.0 Å². The Bertz CT molecular complexity index is 534. The molecule has 0 radical (unpaired) electrons. The minimum Gasteiger partial charge on any atom is -0.396 e. The fourth-order valence-corrected chi connectivity index (χ4v) is 1.89. The van der Waals surface area contributed by atoms with E-state index in [0.717, 1.165) is 27.5 Å². The van der Waals surface area contributed by atoms with Crippen molar-refractivity contribution < 1.29 is 5.11 Å². The van der Waals surface area contributed by atoms with E-state index >= 15 is 0 Å². The van der Waals surface area contributed by atoms with Crippen molar-refractivity contribution in [3.63, 3.8) is 0 Å². The number of nitrogens with zero attached hydrogens (tertiary/aromatic N) is 2. The van der Waals surface area contributed by atoms with Crippen LogP contribution < -0.4 is 0 Å². The van der Waals surface area contributed by atoms with E-state index in [-0.39, 0.29) is 6.61 Å². The van der Waals surface area contributed by atoms with Crippen LogP contribution in [0, 0.1) is 13.8 Å². The minimum atomic E-state index is 0.140. The van der Waals surface area contributed by atoms with Crippen LogP contribution in [0.3, 0.4) is 0 Å². The lowest BCUT2D eigenvalue weighted by Gasteiger charge is -2.03. The maximum atomic E-state index is 8.95. The van der Waals surface area contributed by atoms with E-state index in [0.29, 0.717) is 6.42 Å². The molecule has 0 saturated heterocycles. The van der Waals surface area contributed by atoms with Gasteiger partial charge in [0, 0.05) is 17.8 Å². The molecule has 1 N–H and O–H groups in total. The molecule has 0 aliphatic heterocycles. The summed E-state index contributed by atoms with van der Waals surface area (Å²) < 4.78 is 1.80. The van der Waals surface area contributed by atoms with Crippen LogP contribution in [0.25, 0.3) is 5.69 Å². The van der Waals surface area contributed by atoms with Crippen LogP contribution in [0.15, 0.2) is 24.4 Å².